The molecule has 2 N–H and O–H groups in total. The van der Waals surface area contributed by atoms with E-state index in [4.69, 9.17) is 4.52 Å². The predicted octanol–water partition coefficient (Wildman–Crippen LogP) is 4.65. The Kier molecular flexibility index (Phi) is 8.04. The molecule has 0 atom stereocenters. The molecule has 1 aromatic heterocycles. The average Bonchev–Trinajstić information content (AvgIpc) is 3.04. The highest BCUT2D eigenvalue weighted by Crippen LogP contribution is 2.17. The van der Waals surface area contributed by atoms with Crippen molar-refractivity contribution in [3.05, 3.63) is 41.2 Å². The maximum atomic E-state index is 12.8. The fraction of sp³-hybridized carbons (Fsp3) is 0.476. The Labute approximate surface area is 166 Å². The number of aryl methyl sites for hydroxylation is 3. The molecule has 0 bridgehead atoms. The number of aromatic nitrogens is 1. The first-order valence-corrected chi connectivity index (χ1v) is 9.75. The largest absolute Gasteiger partial charge is 0.360 e. The highest BCUT2D eigenvalue weighted by molar-refractivity contribution is 5.96. The number of hydrogen-bond acceptors (Lipinski definition) is 4. The summed E-state index contributed by atoms with van der Waals surface area (Å²) >= 11 is 0. The topological polar surface area (TPSA) is 87.5 Å². The van der Waals surface area contributed by atoms with E-state index in [9.17, 15) is 9.59 Å². The number of carbonyl (C=O) groups is 2. The van der Waals surface area contributed by atoms with E-state index < -0.39 is 0 Å². The molecule has 0 aliphatic heterocycles. The van der Waals surface area contributed by atoms with Crippen LogP contribution in [0.15, 0.2) is 28.8 Å². The molecule has 0 fully saturated rings. The fourth-order valence-corrected chi connectivity index (χ4v) is 2.91. The maximum absolute atomic E-state index is 12.8. The third kappa shape index (κ3) is 6.72. The van der Waals surface area contributed by atoms with Crippen LogP contribution in [-0.4, -0.2) is 35.1 Å². The molecule has 7 nitrogen and oxygen atoms in total. The second-order valence-electron chi connectivity index (χ2n) is 7.10. The van der Waals surface area contributed by atoms with E-state index in [1.165, 1.54) is 4.90 Å². The predicted molar refractivity (Wildman–Crippen MR) is 111 cm³/mol. The van der Waals surface area contributed by atoms with Gasteiger partial charge in [0, 0.05) is 18.3 Å². The first-order chi connectivity index (χ1) is 13.4. The van der Waals surface area contributed by atoms with Gasteiger partial charge >= 0.3 is 6.03 Å². The van der Waals surface area contributed by atoms with Crippen molar-refractivity contribution < 1.29 is 14.1 Å². The molecular weight excluding hydrogens is 356 g/mol. The summed E-state index contributed by atoms with van der Waals surface area (Å²) in [5.41, 5.74) is 2.87. The number of nitrogens with one attached hydrogen (secondary N) is 2. The van der Waals surface area contributed by atoms with Crippen LogP contribution < -0.4 is 10.6 Å². The smallest absolute Gasteiger partial charge is 0.322 e. The van der Waals surface area contributed by atoms with Crippen molar-refractivity contribution in [1.82, 2.24) is 10.1 Å². The minimum atomic E-state index is -0.306. The van der Waals surface area contributed by atoms with E-state index in [2.05, 4.69) is 22.7 Å². The minimum Gasteiger partial charge on any atom is -0.360 e. The number of urea groups is 1. The Morgan fingerprint density at radius 3 is 2.50 bits per heavy atom. The monoisotopic (exact) mass is 386 g/mol. The van der Waals surface area contributed by atoms with Gasteiger partial charge in [0.2, 0.25) is 5.91 Å². The maximum Gasteiger partial charge on any atom is 0.322 e. The summed E-state index contributed by atoms with van der Waals surface area (Å²) < 4.78 is 4.95. The molecule has 0 unspecified atom stereocenters. The second kappa shape index (κ2) is 10.5. The van der Waals surface area contributed by atoms with Crippen LogP contribution in [0.1, 0.15) is 49.5 Å². The third-order valence-electron chi connectivity index (χ3n) is 4.42. The average molecular weight is 386 g/mol. The molecule has 0 radical (unpaired) electrons. The third-order valence-corrected chi connectivity index (χ3v) is 4.42. The van der Waals surface area contributed by atoms with Gasteiger partial charge in [-0.25, -0.2) is 4.79 Å². The Morgan fingerprint density at radius 2 is 1.86 bits per heavy atom. The van der Waals surface area contributed by atoms with Crippen LogP contribution in [0.5, 0.6) is 0 Å². The molecular formula is C21H30N4O3. The number of hydrogen-bond donors (Lipinski definition) is 2. The number of amides is 3. The van der Waals surface area contributed by atoms with Gasteiger partial charge in [0.05, 0.1) is 0 Å². The van der Waals surface area contributed by atoms with Gasteiger partial charge in [-0.1, -0.05) is 49.0 Å². The molecule has 3 amide bonds. The fourth-order valence-electron chi connectivity index (χ4n) is 2.91. The van der Waals surface area contributed by atoms with E-state index in [1.54, 1.807) is 13.0 Å². The second-order valence-corrected chi connectivity index (χ2v) is 7.10. The number of nitrogens with zero attached hydrogens (tertiary/aromatic N) is 2. The highest BCUT2D eigenvalue weighted by Gasteiger charge is 2.18. The summed E-state index contributed by atoms with van der Waals surface area (Å²) in [7, 11) is 0. The van der Waals surface area contributed by atoms with Crippen molar-refractivity contribution >= 4 is 23.4 Å². The zero-order chi connectivity index (χ0) is 20.5. The van der Waals surface area contributed by atoms with Gasteiger partial charge < -0.3 is 20.1 Å². The van der Waals surface area contributed by atoms with Crippen molar-refractivity contribution in [2.45, 2.75) is 53.4 Å². The van der Waals surface area contributed by atoms with Gasteiger partial charge in [0.15, 0.2) is 5.82 Å². The number of carbonyl (C=O) groups excluding carboxylic acids is 2. The quantitative estimate of drug-likeness (QED) is 0.614. The Balaban J connectivity index is 2.01. The summed E-state index contributed by atoms with van der Waals surface area (Å²) in [5, 5.41) is 9.35. The zero-order valence-corrected chi connectivity index (χ0v) is 17.2. The first-order valence-electron chi connectivity index (χ1n) is 9.75. The minimum absolute atomic E-state index is 0.0469. The normalized spacial score (nSPS) is 10.6. The molecule has 7 heteroatoms. The van der Waals surface area contributed by atoms with Crippen molar-refractivity contribution in [2.24, 2.45) is 0 Å². The van der Waals surface area contributed by atoms with Crippen molar-refractivity contribution in [2.75, 3.05) is 23.7 Å². The molecule has 0 saturated carbocycles. The van der Waals surface area contributed by atoms with Crippen molar-refractivity contribution in [1.29, 1.82) is 0 Å². The van der Waals surface area contributed by atoms with Crippen LogP contribution in [0.3, 0.4) is 0 Å². The number of benzene rings is 1. The first kappa shape index (κ1) is 21.5. The molecule has 28 heavy (non-hydrogen) atoms. The molecule has 0 saturated heterocycles. The summed E-state index contributed by atoms with van der Waals surface area (Å²) in [6.07, 6.45) is 4.09. The molecule has 1 aromatic carbocycles. The van der Waals surface area contributed by atoms with Crippen LogP contribution in [0.2, 0.25) is 0 Å². The van der Waals surface area contributed by atoms with E-state index in [-0.39, 0.29) is 18.5 Å². The van der Waals surface area contributed by atoms with E-state index in [0.29, 0.717) is 18.1 Å². The number of anilines is 2. The SMILES string of the molecule is CCCCCCN(CC(=O)Nc1cc(C)on1)C(=O)Nc1ccc(C)cc1C. The van der Waals surface area contributed by atoms with Gasteiger partial charge in [-0.2, -0.15) is 0 Å². The van der Waals surface area contributed by atoms with Gasteiger partial charge in [-0.3, -0.25) is 4.79 Å². The van der Waals surface area contributed by atoms with Crippen molar-refractivity contribution in [3.63, 3.8) is 0 Å². The molecule has 152 valence electrons. The van der Waals surface area contributed by atoms with Crippen LogP contribution in [-0.2, 0) is 4.79 Å². The lowest BCUT2D eigenvalue weighted by Crippen LogP contribution is -2.41. The summed E-state index contributed by atoms with van der Waals surface area (Å²) in [4.78, 5) is 26.7. The van der Waals surface area contributed by atoms with Gasteiger partial charge in [-0.15, -0.1) is 0 Å². The highest BCUT2D eigenvalue weighted by atomic mass is 16.5. The summed E-state index contributed by atoms with van der Waals surface area (Å²) in [6.45, 7) is 8.32. The lowest BCUT2D eigenvalue weighted by molar-refractivity contribution is -0.116. The zero-order valence-electron chi connectivity index (χ0n) is 17.2. The standard InChI is InChI=1S/C21H30N4O3/c1-5-6-7-8-11-25(14-20(26)23-19-13-17(4)28-24-19)21(27)22-18-10-9-15(2)12-16(18)3/h9-10,12-13H,5-8,11,14H2,1-4H3,(H,22,27)(H,23,24,26). The molecule has 1 heterocycles. The Hall–Kier alpha value is -2.83. The molecule has 0 aliphatic carbocycles. The van der Waals surface area contributed by atoms with Crippen molar-refractivity contribution in [3.8, 4) is 0 Å². The van der Waals surface area contributed by atoms with Gasteiger partial charge in [0.25, 0.3) is 0 Å². The summed E-state index contributed by atoms with van der Waals surface area (Å²) in [5.74, 6) is 0.655. The lowest BCUT2D eigenvalue weighted by atomic mass is 10.1. The van der Waals surface area contributed by atoms with E-state index >= 15 is 0 Å². The lowest BCUT2D eigenvalue weighted by Gasteiger charge is -2.23. The van der Waals surface area contributed by atoms with E-state index in [1.807, 2.05) is 32.0 Å². The van der Waals surface area contributed by atoms with Crippen LogP contribution >= 0.6 is 0 Å². The molecule has 0 spiro atoms. The van der Waals surface area contributed by atoms with Crippen LogP contribution in [0.25, 0.3) is 0 Å². The van der Waals surface area contributed by atoms with E-state index in [0.717, 1.165) is 42.5 Å². The number of unbranched alkanes of at least 4 members (excludes halogenated alkanes) is 3. The molecule has 0 aliphatic rings. The van der Waals surface area contributed by atoms with Gasteiger partial charge in [0.1, 0.15) is 12.3 Å². The Morgan fingerprint density at radius 1 is 1.07 bits per heavy atom. The van der Waals surface area contributed by atoms with Gasteiger partial charge in [-0.05, 0) is 38.8 Å². The van der Waals surface area contributed by atoms with Crippen LogP contribution in [0, 0.1) is 20.8 Å². The molecule has 2 aromatic rings. The summed E-state index contributed by atoms with van der Waals surface area (Å²) in [6, 6.07) is 7.21. The Bertz CT molecular complexity index is 801. The number of rotatable bonds is 9. The van der Waals surface area contributed by atoms with Crippen LogP contribution in [0.4, 0.5) is 16.3 Å². The molecule has 2 rings (SSSR count).